The molecule has 0 atom stereocenters. The Kier molecular flexibility index (Phi) is 9.27. The summed E-state index contributed by atoms with van der Waals surface area (Å²) >= 11 is 4.26. The van der Waals surface area contributed by atoms with Gasteiger partial charge in [0, 0.05) is 18.2 Å². The molecule has 0 unspecified atom stereocenters. The Morgan fingerprint density at radius 1 is 1.20 bits per heavy atom. The average molecular weight is 628 g/mol. The van der Waals surface area contributed by atoms with E-state index in [2.05, 4.69) is 56.4 Å². The molecule has 1 N–H and O–H groups in total. The van der Waals surface area contributed by atoms with Crippen molar-refractivity contribution in [1.82, 2.24) is 5.32 Å². The third-order valence-electron chi connectivity index (χ3n) is 3.93. The second-order valence-corrected chi connectivity index (χ2v) is 8.16. The molecule has 6 nitrogen and oxygen atoms in total. The van der Waals surface area contributed by atoms with Crippen molar-refractivity contribution < 1.29 is 19.0 Å². The van der Waals surface area contributed by atoms with Crippen LogP contribution in [0.2, 0.25) is 0 Å². The second kappa shape index (κ2) is 11.7. The Bertz CT molecular complexity index is 1030. The van der Waals surface area contributed by atoms with E-state index in [4.69, 9.17) is 20.6 Å². The molecule has 0 fully saturated rings. The molecule has 0 aliphatic heterocycles. The van der Waals surface area contributed by atoms with E-state index in [9.17, 15) is 10.1 Å². The molecule has 0 saturated carbocycles. The minimum atomic E-state index is -0.479. The van der Waals surface area contributed by atoms with E-state index in [1.54, 1.807) is 32.4 Å². The fourth-order valence-electron chi connectivity index (χ4n) is 2.50. The van der Waals surface area contributed by atoms with Crippen molar-refractivity contribution in [3.63, 3.8) is 0 Å². The first-order valence-electron chi connectivity index (χ1n) is 8.59. The third-order valence-corrected chi connectivity index (χ3v) is 5.53. The molecule has 0 heterocycles. The summed E-state index contributed by atoms with van der Waals surface area (Å²) in [5.41, 5.74) is 1.47. The van der Waals surface area contributed by atoms with Gasteiger partial charge in [0.25, 0.3) is 5.91 Å². The van der Waals surface area contributed by atoms with Crippen molar-refractivity contribution in [3.05, 3.63) is 54.2 Å². The fourth-order valence-corrected chi connectivity index (χ4v) is 4.63. The van der Waals surface area contributed by atoms with Crippen molar-refractivity contribution in [2.45, 2.75) is 6.54 Å². The van der Waals surface area contributed by atoms with Gasteiger partial charge < -0.3 is 19.5 Å². The number of amides is 1. The lowest BCUT2D eigenvalue weighted by Crippen LogP contribution is -2.24. The number of halogens is 2. The van der Waals surface area contributed by atoms with Crippen molar-refractivity contribution >= 4 is 57.2 Å². The lowest BCUT2D eigenvalue weighted by Gasteiger charge is -2.11. The zero-order valence-electron chi connectivity index (χ0n) is 16.3. The van der Waals surface area contributed by atoms with Gasteiger partial charge in [0.2, 0.25) is 0 Å². The molecule has 2 aromatic rings. The van der Waals surface area contributed by atoms with Crippen LogP contribution in [0.1, 0.15) is 11.1 Å². The van der Waals surface area contributed by atoms with Gasteiger partial charge in [0.15, 0.2) is 0 Å². The van der Waals surface area contributed by atoms with Crippen molar-refractivity contribution in [3.8, 4) is 35.7 Å². The maximum Gasteiger partial charge on any atom is 0.262 e. The van der Waals surface area contributed by atoms with E-state index in [1.807, 2.05) is 18.2 Å². The molecule has 0 spiro atoms. The smallest absolute Gasteiger partial charge is 0.262 e. The zero-order valence-corrected chi connectivity index (χ0v) is 20.6. The summed E-state index contributed by atoms with van der Waals surface area (Å²) in [6.07, 6.45) is 6.78. The summed E-state index contributed by atoms with van der Waals surface area (Å²) < 4.78 is 17.7. The first-order chi connectivity index (χ1) is 14.4. The molecule has 2 rings (SSSR count). The lowest BCUT2D eigenvalue weighted by atomic mass is 10.1. The Morgan fingerprint density at radius 2 is 1.90 bits per heavy atom. The van der Waals surface area contributed by atoms with Crippen LogP contribution in [0.5, 0.6) is 17.2 Å². The Balaban J connectivity index is 2.18. The van der Waals surface area contributed by atoms with Crippen LogP contribution < -0.4 is 19.5 Å². The highest BCUT2D eigenvalue weighted by molar-refractivity contribution is 14.1. The van der Waals surface area contributed by atoms with Gasteiger partial charge in [-0.3, -0.25) is 4.79 Å². The minimum absolute atomic E-state index is 0.00799. The van der Waals surface area contributed by atoms with Gasteiger partial charge in [0.05, 0.1) is 21.4 Å². The average Bonchev–Trinajstić information content (AvgIpc) is 2.75. The number of rotatable bonds is 8. The summed E-state index contributed by atoms with van der Waals surface area (Å²) in [5, 5.41) is 12.2. The Labute approximate surface area is 202 Å². The lowest BCUT2D eigenvalue weighted by molar-refractivity contribution is -0.117. The highest BCUT2D eigenvalue weighted by atomic mass is 127. The number of nitriles is 1. The predicted octanol–water partition coefficient (Wildman–Crippen LogP) is 4.15. The molecule has 1 amide bonds. The monoisotopic (exact) mass is 628 g/mol. The van der Waals surface area contributed by atoms with Crippen molar-refractivity contribution in [1.29, 1.82) is 5.26 Å². The molecular formula is C22H18I2N2O4. The second-order valence-electron chi connectivity index (χ2n) is 5.84. The van der Waals surface area contributed by atoms with Gasteiger partial charge in [-0.25, -0.2) is 0 Å². The molecular weight excluding hydrogens is 610 g/mol. The van der Waals surface area contributed by atoms with E-state index in [-0.39, 0.29) is 18.7 Å². The normalized spacial score (nSPS) is 10.5. The maximum atomic E-state index is 12.5. The molecule has 8 heteroatoms. The maximum absolute atomic E-state index is 12.5. The number of ether oxygens (including phenoxy) is 3. The standard InChI is InChI=1S/C22H18I2N2O4/c1-4-7-30-21-18(23)9-14(10-19(21)24)8-16(12-25)22(27)26-13-15-5-6-17(28-2)11-20(15)29-3/h1,5-6,8-11H,7,13H2,2-3H3,(H,26,27)/b16-8+. The number of nitrogens with one attached hydrogen (secondary N) is 1. The molecule has 30 heavy (non-hydrogen) atoms. The summed E-state index contributed by atoms with van der Waals surface area (Å²) in [6.45, 7) is 0.376. The Hall–Kier alpha value is -2.44. The van der Waals surface area contributed by atoms with Crippen LogP contribution in [0.15, 0.2) is 35.9 Å². The molecule has 154 valence electrons. The number of benzene rings is 2. The van der Waals surface area contributed by atoms with E-state index in [1.165, 1.54) is 6.08 Å². The summed E-state index contributed by atoms with van der Waals surface area (Å²) in [6, 6.07) is 10.9. The Morgan fingerprint density at radius 3 is 2.47 bits per heavy atom. The molecule has 0 saturated heterocycles. The molecule has 0 aliphatic rings. The summed E-state index contributed by atoms with van der Waals surface area (Å²) in [4.78, 5) is 12.5. The quantitative estimate of drug-likeness (QED) is 0.206. The number of carbonyl (C=O) groups excluding carboxylic acids is 1. The van der Waals surface area contributed by atoms with E-state index >= 15 is 0 Å². The van der Waals surface area contributed by atoms with Crippen LogP contribution in [-0.2, 0) is 11.3 Å². The van der Waals surface area contributed by atoms with Crippen LogP contribution in [-0.4, -0.2) is 26.7 Å². The highest BCUT2D eigenvalue weighted by Crippen LogP contribution is 2.30. The van der Waals surface area contributed by atoms with Crippen LogP contribution in [0.4, 0.5) is 0 Å². The first kappa shape index (κ1) is 23.8. The predicted molar refractivity (Wildman–Crippen MR) is 131 cm³/mol. The van der Waals surface area contributed by atoms with E-state index in [0.29, 0.717) is 22.8 Å². The molecule has 2 aromatic carbocycles. The summed E-state index contributed by atoms with van der Waals surface area (Å²) in [5.74, 6) is 3.87. The number of carbonyl (C=O) groups is 1. The molecule has 0 aliphatic carbocycles. The van der Waals surface area contributed by atoms with E-state index < -0.39 is 5.91 Å². The fraction of sp³-hybridized carbons (Fsp3) is 0.182. The van der Waals surface area contributed by atoms with Gasteiger partial charge in [-0.15, -0.1) is 6.42 Å². The van der Waals surface area contributed by atoms with Gasteiger partial charge in [-0.1, -0.05) is 5.92 Å². The SMILES string of the molecule is C#CCOc1c(I)cc(/C=C(\C#N)C(=O)NCc2ccc(OC)cc2OC)cc1I. The van der Waals surface area contributed by atoms with Gasteiger partial charge in [-0.05, 0) is 81.1 Å². The molecule has 0 radical (unpaired) electrons. The topological polar surface area (TPSA) is 80.6 Å². The number of terminal acetylenes is 1. The number of methoxy groups -OCH3 is 2. The van der Waals surface area contributed by atoms with E-state index in [0.717, 1.165) is 12.7 Å². The van der Waals surface area contributed by atoms with Crippen LogP contribution >= 0.6 is 45.2 Å². The van der Waals surface area contributed by atoms with Crippen molar-refractivity contribution in [2.75, 3.05) is 20.8 Å². The van der Waals surface area contributed by atoms with Crippen LogP contribution in [0, 0.1) is 30.8 Å². The largest absolute Gasteiger partial charge is 0.497 e. The highest BCUT2D eigenvalue weighted by Gasteiger charge is 2.13. The third kappa shape index (κ3) is 6.28. The number of hydrogen-bond donors (Lipinski definition) is 1. The van der Waals surface area contributed by atoms with Gasteiger partial charge in [-0.2, -0.15) is 5.26 Å². The number of hydrogen-bond acceptors (Lipinski definition) is 5. The summed E-state index contributed by atoms with van der Waals surface area (Å²) in [7, 11) is 3.11. The van der Waals surface area contributed by atoms with Gasteiger partial charge >= 0.3 is 0 Å². The zero-order chi connectivity index (χ0) is 22.1. The van der Waals surface area contributed by atoms with Crippen LogP contribution in [0.25, 0.3) is 6.08 Å². The molecule has 0 bridgehead atoms. The number of nitrogens with zero attached hydrogens (tertiary/aromatic N) is 1. The molecule has 0 aromatic heterocycles. The van der Waals surface area contributed by atoms with Gasteiger partial charge in [0.1, 0.15) is 35.5 Å². The minimum Gasteiger partial charge on any atom is -0.497 e. The first-order valence-corrected chi connectivity index (χ1v) is 10.8. The van der Waals surface area contributed by atoms with Crippen molar-refractivity contribution in [2.24, 2.45) is 0 Å². The van der Waals surface area contributed by atoms with Crippen LogP contribution in [0.3, 0.4) is 0 Å².